The van der Waals surface area contributed by atoms with E-state index in [0.29, 0.717) is 16.6 Å². The highest BCUT2D eigenvalue weighted by Gasteiger charge is 2.40. The van der Waals surface area contributed by atoms with Crippen molar-refractivity contribution in [1.29, 1.82) is 0 Å². The molecule has 1 aromatic carbocycles. The maximum atomic E-state index is 12.4. The van der Waals surface area contributed by atoms with Gasteiger partial charge in [-0.25, -0.2) is 4.79 Å². The fourth-order valence-corrected chi connectivity index (χ4v) is 5.12. The summed E-state index contributed by atoms with van der Waals surface area (Å²) in [5, 5.41) is 8.96. The van der Waals surface area contributed by atoms with Crippen LogP contribution in [0.3, 0.4) is 0 Å². The van der Waals surface area contributed by atoms with E-state index in [1.165, 1.54) is 25.7 Å². The second-order valence-electron chi connectivity index (χ2n) is 5.78. The molecule has 0 amide bonds. The van der Waals surface area contributed by atoms with Gasteiger partial charge in [0.1, 0.15) is 0 Å². The summed E-state index contributed by atoms with van der Waals surface area (Å²) >= 11 is 0. The number of carboxylic acids is 1. The lowest BCUT2D eigenvalue weighted by Crippen LogP contribution is -2.18. The minimum Gasteiger partial charge on any atom is -0.478 e. The number of rotatable bonds is 4. The van der Waals surface area contributed by atoms with E-state index < -0.39 is 16.8 Å². The molecule has 4 atom stereocenters. The third-order valence-electron chi connectivity index (χ3n) is 4.59. The molecule has 102 valence electrons. The van der Waals surface area contributed by atoms with Gasteiger partial charge in [-0.05, 0) is 55.2 Å². The minimum atomic E-state index is -1.07. The highest BCUT2D eigenvalue weighted by molar-refractivity contribution is 7.85. The maximum Gasteiger partial charge on any atom is 0.335 e. The average Bonchev–Trinajstić information content (AvgIpc) is 3.01. The van der Waals surface area contributed by atoms with E-state index in [0.717, 1.165) is 11.8 Å². The highest BCUT2D eigenvalue weighted by atomic mass is 32.2. The predicted molar refractivity (Wildman–Crippen MR) is 73.6 cm³/mol. The minimum absolute atomic E-state index is 0.221. The zero-order valence-electron chi connectivity index (χ0n) is 10.7. The van der Waals surface area contributed by atoms with Gasteiger partial charge in [-0.1, -0.05) is 12.5 Å². The van der Waals surface area contributed by atoms with E-state index in [-0.39, 0.29) is 5.56 Å². The van der Waals surface area contributed by atoms with Gasteiger partial charge in [-0.3, -0.25) is 4.21 Å². The normalized spacial score (nSPS) is 30.4. The van der Waals surface area contributed by atoms with Crippen molar-refractivity contribution in [2.45, 2.75) is 30.6 Å². The molecule has 3 rings (SSSR count). The molecule has 4 heteroatoms. The monoisotopic (exact) mass is 278 g/mol. The predicted octanol–water partition coefficient (Wildman–Crippen LogP) is 2.93. The lowest BCUT2D eigenvalue weighted by Gasteiger charge is -2.20. The Labute approximate surface area is 115 Å². The van der Waals surface area contributed by atoms with Crippen LogP contribution in [0.2, 0.25) is 0 Å². The lowest BCUT2D eigenvalue weighted by atomic mass is 9.90. The zero-order chi connectivity index (χ0) is 13.4. The van der Waals surface area contributed by atoms with Crippen molar-refractivity contribution in [2.75, 3.05) is 5.75 Å². The van der Waals surface area contributed by atoms with Crippen molar-refractivity contribution < 1.29 is 14.1 Å². The molecule has 4 unspecified atom stereocenters. The number of carbonyl (C=O) groups is 1. The third kappa shape index (κ3) is 2.59. The van der Waals surface area contributed by atoms with Crippen molar-refractivity contribution in [3.63, 3.8) is 0 Å². The van der Waals surface area contributed by atoms with Gasteiger partial charge in [0.05, 0.1) is 16.4 Å². The second-order valence-corrected chi connectivity index (χ2v) is 7.28. The van der Waals surface area contributed by atoms with Crippen LogP contribution in [-0.4, -0.2) is 21.0 Å². The summed E-state index contributed by atoms with van der Waals surface area (Å²) in [7, 11) is -1.07. The number of fused-ring (bicyclic) bond motifs is 2. The molecule has 2 aliphatic rings. The second kappa shape index (κ2) is 5.08. The van der Waals surface area contributed by atoms with Crippen LogP contribution >= 0.6 is 0 Å². The Hall–Kier alpha value is -1.16. The van der Waals surface area contributed by atoms with Crippen LogP contribution in [-0.2, 0) is 10.8 Å². The van der Waals surface area contributed by atoms with Crippen molar-refractivity contribution in [1.82, 2.24) is 0 Å². The van der Waals surface area contributed by atoms with Gasteiger partial charge in [-0.2, -0.15) is 0 Å². The van der Waals surface area contributed by atoms with Crippen molar-refractivity contribution in [3.05, 3.63) is 29.8 Å². The molecule has 1 aromatic rings. The fraction of sp³-hybridized carbons (Fsp3) is 0.533. The molecule has 0 aliphatic heterocycles. The molecular formula is C15H18O3S. The highest BCUT2D eigenvalue weighted by Crippen LogP contribution is 2.48. The van der Waals surface area contributed by atoms with Crippen LogP contribution in [0.25, 0.3) is 0 Å². The summed E-state index contributed by atoms with van der Waals surface area (Å²) < 4.78 is 12.4. The Kier molecular flexibility index (Phi) is 3.44. The smallest absolute Gasteiger partial charge is 0.335 e. The van der Waals surface area contributed by atoms with Gasteiger partial charge < -0.3 is 5.11 Å². The zero-order valence-corrected chi connectivity index (χ0v) is 11.6. The average molecular weight is 278 g/mol. The van der Waals surface area contributed by atoms with E-state index in [1.54, 1.807) is 24.3 Å². The standard InChI is InChI=1S/C15H18O3S/c16-15(17)12-2-1-3-14(8-12)19(18)9-13-7-10-4-5-11(13)6-10/h1-3,8,10-11,13H,4-7,9H2,(H,16,17). The van der Waals surface area contributed by atoms with E-state index in [2.05, 4.69) is 0 Å². The first kappa shape index (κ1) is 12.9. The number of hydrogen-bond donors (Lipinski definition) is 1. The molecule has 0 radical (unpaired) electrons. The number of hydrogen-bond acceptors (Lipinski definition) is 2. The van der Waals surface area contributed by atoms with Crippen LogP contribution in [0.15, 0.2) is 29.2 Å². The Bertz CT molecular complexity index is 526. The molecule has 19 heavy (non-hydrogen) atoms. The SMILES string of the molecule is O=C(O)c1cccc(S(=O)CC2CC3CCC2C3)c1. The fourth-order valence-electron chi connectivity index (χ4n) is 3.64. The van der Waals surface area contributed by atoms with Crippen molar-refractivity contribution >= 4 is 16.8 Å². The Balaban J connectivity index is 1.70. The Morgan fingerprint density at radius 3 is 2.79 bits per heavy atom. The molecule has 0 aromatic heterocycles. The third-order valence-corrected chi connectivity index (χ3v) is 6.10. The molecule has 3 nitrogen and oxygen atoms in total. The van der Waals surface area contributed by atoms with E-state index in [4.69, 9.17) is 5.11 Å². The molecule has 2 fully saturated rings. The summed E-state index contributed by atoms with van der Waals surface area (Å²) in [6.45, 7) is 0. The summed E-state index contributed by atoms with van der Waals surface area (Å²) in [4.78, 5) is 11.6. The van der Waals surface area contributed by atoms with E-state index in [9.17, 15) is 9.00 Å². The van der Waals surface area contributed by atoms with Gasteiger partial charge in [0.25, 0.3) is 0 Å². The summed E-state index contributed by atoms with van der Waals surface area (Å²) in [6.07, 6.45) is 5.18. The van der Waals surface area contributed by atoms with Gasteiger partial charge in [0.2, 0.25) is 0 Å². The number of benzene rings is 1. The molecule has 2 bridgehead atoms. The molecule has 2 saturated carbocycles. The van der Waals surface area contributed by atoms with E-state index in [1.807, 2.05) is 0 Å². The molecule has 0 spiro atoms. The first-order valence-electron chi connectivity index (χ1n) is 6.85. The first-order valence-corrected chi connectivity index (χ1v) is 8.17. The molecule has 2 aliphatic carbocycles. The molecule has 0 heterocycles. The van der Waals surface area contributed by atoms with Gasteiger partial charge in [0, 0.05) is 10.6 Å². The van der Waals surface area contributed by atoms with Crippen LogP contribution in [0.5, 0.6) is 0 Å². The van der Waals surface area contributed by atoms with Crippen LogP contribution in [0.4, 0.5) is 0 Å². The van der Waals surface area contributed by atoms with Gasteiger partial charge in [-0.15, -0.1) is 0 Å². The van der Waals surface area contributed by atoms with Crippen LogP contribution in [0, 0.1) is 17.8 Å². The van der Waals surface area contributed by atoms with Crippen LogP contribution in [0.1, 0.15) is 36.0 Å². The van der Waals surface area contributed by atoms with Gasteiger partial charge in [0.15, 0.2) is 0 Å². The molecule has 1 N–H and O–H groups in total. The van der Waals surface area contributed by atoms with E-state index >= 15 is 0 Å². The van der Waals surface area contributed by atoms with Crippen molar-refractivity contribution in [2.24, 2.45) is 17.8 Å². The summed E-state index contributed by atoms with van der Waals surface area (Å²) in [5.41, 5.74) is 0.221. The molecular weight excluding hydrogens is 260 g/mol. The van der Waals surface area contributed by atoms with Gasteiger partial charge >= 0.3 is 5.97 Å². The summed E-state index contributed by atoms with van der Waals surface area (Å²) in [6, 6.07) is 6.54. The summed E-state index contributed by atoms with van der Waals surface area (Å²) in [5.74, 6) is 1.94. The molecule has 0 saturated heterocycles. The first-order chi connectivity index (χ1) is 9.13. The van der Waals surface area contributed by atoms with Crippen molar-refractivity contribution in [3.8, 4) is 0 Å². The topological polar surface area (TPSA) is 54.4 Å². The largest absolute Gasteiger partial charge is 0.478 e. The number of carboxylic acid groups (broad SMARTS) is 1. The number of aromatic carboxylic acids is 1. The maximum absolute atomic E-state index is 12.4. The Morgan fingerprint density at radius 2 is 2.16 bits per heavy atom. The van der Waals surface area contributed by atoms with Crippen LogP contribution < -0.4 is 0 Å². The lowest BCUT2D eigenvalue weighted by molar-refractivity contribution is 0.0696. The quantitative estimate of drug-likeness (QED) is 0.921. The Morgan fingerprint density at radius 1 is 1.32 bits per heavy atom.